The van der Waals surface area contributed by atoms with Gasteiger partial charge in [-0.05, 0) is 36.4 Å². The van der Waals surface area contributed by atoms with Gasteiger partial charge in [0.25, 0.3) is 5.91 Å². The molecule has 0 aliphatic rings. The van der Waals surface area contributed by atoms with Gasteiger partial charge in [0.1, 0.15) is 5.00 Å². The molecule has 3 rings (SSSR count). The molecular formula is C17H17N3O2S. The second-order valence-corrected chi connectivity index (χ2v) is 6.37. The van der Waals surface area contributed by atoms with Gasteiger partial charge in [0.2, 0.25) is 5.91 Å². The number of benzene rings is 1. The second-order valence-electron chi connectivity index (χ2n) is 5.49. The molecule has 2 amide bonds. The minimum Gasteiger partial charge on any atom is -0.365 e. The molecule has 0 bridgehead atoms. The predicted molar refractivity (Wildman–Crippen MR) is 92.9 cm³/mol. The summed E-state index contributed by atoms with van der Waals surface area (Å²) in [6.07, 6.45) is 0.241. The highest BCUT2D eigenvalue weighted by atomic mass is 32.1. The normalized spacial score (nSPS) is 10.9. The van der Waals surface area contributed by atoms with E-state index in [9.17, 15) is 9.59 Å². The minimum absolute atomic E-state index is 0.165. The van der Waals surface area contributed by atoms with Crippen molar-refractivity contribution in [1.29, 1.82) is 0 Å². The number of H-pyrrole nitrogens is 1. The summed E-state index contributed by atoms with van der Waals surface area (Å²) in [5.41, 5.74) is 9.50. The summed E-state index contributed by atoms with van der Waals surface area (Å²) in [5.74, 6) is -0.690. The van der Waals surface area contributed by atoms with E-state index in [-0.39, 0.29) is 12.3 Å². The standard InChI is InChI=1S/C17H17N3O2S/c1-9-8-23-17(15(9)16(18)22)20-14(21)7-12-10(2)19-13-6-4-3-5-11(12)13/h3-6,8,19H,7H2,1-2H3,(H2,18,22)(H,20,21). The maximum atomic E-state index is 12.4. The number of hydrogen-bond donors (Lipinski definition) is 3. The van der Waals surface area contributed by atoms with Crippen LogP contribution < -0.4 is 11.1 Å². The Bertz CT molecular complexity index is 908. The Morgan fingerprint density at radius 2 is 2.00 bits per heavy atom. The number of hydrogen-bond acceptors (Lipinski definition) is 3. The maximum absolute atomic E-state index is 12.4. The summed E-state index contributed by atoms with van der Waals surface area (Å²) in [4.78, 5) is 27.2. The number of primary amides is 1. The lowest BCUT2D eigenvalue weighted by Gasteiger charge is -2.06. The molecule has 3 aromatic rings. The Labute approximate surface area is 137 Å². The zero-order chi connectivity index (χ0) is 16.6. The summed E-state index contributed by atoms with van der Waals surface area (Å²) in [6.45, 7) is 3.75. The lowest BCUT2D eigenvalue weighted by atomic mass is 10.1. The minimum atomic E-state index is -0.526. The van der Waals surface area contributed by atoms with Crippen LogP contribution in [-0.2, 0) is 11.2 Å². The number of aromatic nitrogens is 1. The molecule has 23 heavy (non-hydrogen) atoms. The molecule has 0 atom stereocenters. The molecule has 2 aromatic heterocycles. The van der Waals surface area contributed by atoms with Gasteiger partial charge in [0, 0.05) is 16.6 Å². The Morgan fingerprint density at radius 1 is 1.26 bits per heavy atom. The van der Waals surface area contributed by atoms with Gasteiger partial charge < -0.3 is 16.0 Å². The number of carbonyl (C=O) groups excluding carboxylic acids is 2. The number of nitrogens with one attached hydrogen (secondary N) is 2. The molecule has 1 aromatic carbocycles. The summed E-state index contributed by atoms with van der Waals surface area (Å²) in [5, 5.41) is 6.17. The van der Waals surface area contributed by atoms with Crippen LogP contribution in [0.5, 0.6) is 0 Å². The highest BCUT2D eigenvalue weighted by molar-refractivity contribution is 7.15. The molecule has 6 heteroatoms. The van der Waals surface area contributed by atoms with Crippen LogP contribution >= 0.6 is 11.3 Å². The number of aromatic amines is 1. The van der Waals surface area contributed by atoms with E-state index in [1.54, 1.807) is 6.92 Å². The second kappa shape index (κ2) is 5.89. The lowest BCUT2D eigenvalue weighted by molar-refractivity contribution is -0.115. The van der Waals surface area contributed by atoms with Gasteiger partial charge in [-0.3, -0.25) is 9.59 Å². The third kappa shape index (κ3) is 2.85. The average Bonchev–Trinajstić information content (AvgIpc) is 3.00. The van der Waals surface area contributed by atoms with Gasteiger partial charge in [-0.1, -0.05) is 18.2 Å². The number of rotatable bonds is 4. The fourth-order valence-corrected chi connectivity index (χ4v) is 3.70. The van der Waals surface area contributed by atoms with E-state index >= 15 is 0 Å². The van der Waals surface area contributed by atoms with Gasteiger partial charge in [0.05, 0.1) is 12.0 Å². The number of carbonyl (C=O) groups is 2. The third-order valence-electron chi connectivity index (χ3n) is 3.84. The Kier molecular flexibility index (Phi) is 3.92. The van der Waals surface area contributed by atoms with Gasteiger partial charge in [-0.2, -0.15) is 0 Å². The Morgan fingerprint density at radius 3 is 2.74 bits per heavy atom. The summed E-state index contributed by atoms with van der Waals surface area (Å²) >= 11 is 1.31. The number of aryl methyl sites for hydroxylation is 2. The van der Waals surface area contributed by atoms with E-state index in [4.69, 9.17) is 5.73 Å². The fraction of sp³-hybridized carbons (Fsp3) is 0.176. The number of nitrogens with two attached hydrogens (primary N) is 1. The van der Waals surface area contributed by atoms with Crippen LogP contribution in [-0.4, -0.2) is 16.8 Å². The van der Waals surface area contributed by atoms with Crippen molar-refractivity contribution in [3.8, 4) is 0 Å². The molecule has 0 radical (unpaired) electrons. The van der Waals surface area contributed by atoms with E-state index in [1.165, 1.54) is 11.3 Å². The molecule has 4 N–H and O–H groups in total. The number of fused-ring (bicyclic) bond motifs is 1. The highest BCUT2D eigenvalue weighted by Crippen LogP contribution is 2.28. The Hall–Kier alpha value is -2.60. The van der Waals surface area contributed by atoms with Crippen molar-refractivity contribution >= 4 is 39.1 Å². The summed E-state index contributed by atoms with van der Waals surface area (Å²) in [7, 11) is 0. The van der Waals surface area contributed by atoms with E-state index in [0.29, 0.717) is 10.6 Å². The van der Waals surface area contributed by atoms with E-state index < -0.39 is 5.91 Å². The van der Waals surface area contributed by atoms with Gasteiger partial charge in [-0.15, -0.1) is 11.3 Å². The SMILES string of the molecule is Cc1csc(NC(=O)Cc2c(C)[nH]c3ccccc23)c1C(N)=O. The largest absolute Gasteiger partial charge is 0.365 e. The van der Waals surface area contributed by atoms with Crippen LogP contribution in [0.15, 0.2) is 29.6 Å². The number of amides is 2. The molecule has 0 aliphatic carbocycles. The van der Waals surface area contributed by atoms with Gasteiger partial charge in [-0.25, -0.2) is 0 Å². The zero-order valence-electron chi connectivity index (χ0n) is 12.9. The van der Waals surface area contributed by atoms with Crippen LogP contribution in [0.1, 0.15) is 27.2 Å². The molecule has 0 spiro atoms. The van der Waals surface area contributed by atoms with E-state index in [1.807, 2.05) is 36.6 Å². The molecule has 2 heterocycles. The Balaban J connectivity index is 1.85. The smallest absolute Gasteiger partial charge is 0.251 e. The van der Waals surface area contributed by atoms with Crippen molar-refractivity contribution in [3.05, 3.63) is 52.0 Å². The molecule has 0 unspecified atom stereocenters. The van der Waals surface area contributed by atoms with Crippen molar-refractivity contribution in [2.45, 2.75) is 20.3 Å². The van der Waals surface area contributed by atoms with Crippen LogP contribution in [0, 0.1) is 13.8 Å². The molecule has 0 saturated carbocycles. The first-order chi connectivity index (χ1) is 11.0. The first-order valence-corrected chi connectivity index (χ1v) is 8.09. The van der Waals surface area contributed by atoms with Crippen LogP contribution in [0.25, 0.3) is 10.9 Å². The summed E-state index contributed by atoms with van der Waals surface area (Å²) < 4.78 is 0. The van der Waals surface area contributed by atoms with Crippen molar-refractivity contribution in [1.82, 2.24) is 4.98 Å². The molecule has 0 fully saturated rings. The monoisotopic (exact) mass is 327 g/mol. The average molecular weight is 327 g/mol. The molecule has 5 nitrogen and oxygen atoms in total. The van der Waals surface area contributed by atoms with Gasteiger partial charge >= 0.3 is 0 Å². The molecule has 0 saturated heterocycles. The first-order valence-electron chi connectivity index (χ1n) is 7.21. The lowest BCUT2D eigenvalue weighted by Crippen LogP contribution is -2.18. The fourth-order valence-electron chi connectivity index (χ4n) is 2.74. The van der Waals surface area contributed by atoms with Crippen molar-refractivity contribution in [3.63, 3.8) is 0 Å². The first kappa shape index (κ1) is 15.3. The van der Waals surface area contributed by atoms with Crippen molar-refractivity contribution in [2.24, 2.45) is 5.73 Å². The highest BCUT2D eigenvalue weighted by Gasteiger charge is 2.18. The summed E-state index contributed by atoms with van der Waals surface area (Å²) in [6, 6.07) is 7.88. The van der Waals surface area contributed by atoms with E-state index in [0.717, 1.165) is 27.7 Å². The van der Waals surface area contributed by atoms with Crippen molar-refractivity contribution < 1.29 is 9.59 Å². The number of anilines is 1. The number of thiophene rings is 1. The zero-order valence-corrected chi connectivity index (χ0v) is 13.7. The van der Waals surface area contributed by atoms with Crippen LogP contribution in [0.2, 0.25) is 0 Å². The quantitative estimate of drug-likeness (QED) is 0.687. The predicted octanol–water partition coefficient (Wildman–Crippen LogP) is 3.13. The number of para-hydroxylation sites is 1. The van der Waals surface area contributed by atoms with Gasteiger partial charge in [0.15, 0.2) is 0 Å². The van der Waals surface area contributed by atoms with E-state index in [2.05, 4.69) is 10.3 Å². The van der Waals surface area contributed by atoms with Crippen molar-refractivity contribution in [2.75, 3.05) is 5.32 Å². The van der Waals surface area contributed by atoms with Crippen LogP contribution in [0.4, 0.5) is 5.00 Å². The molecule has 0 aliphatic heterocycles. The maximum Gasteiger partial charge on any atom is 0.251 e. The third-order valence-corrected chi connectivity index (χ3v) is 4.85. The topological polar surface area (TPSA) is 88.0 Å². The molecule has 118 valence electrons. The molecular weight excluding hydrogens is 310 g/mol. The van der Waals surface area contributed by atoms with Crippen LogP contribution in [0.3, 0.4) is 0 Å².